The van der Waals surface area contributed by atoms with Crippen LogP contribution >= 0.6 is 15.9 Å². The summed E-state index contributed by atoms with van der Waals surface area (Å²) in [5.41, 5.74) is 0.801. The molecule has 2 saturated heterocycles. The first kappa shape index (κ1) is 15.0. The number of benzene rings is 1. The van der Waals surface area contributed by atoms with Crippen molar-refractivity contribution >= 4 is 21.8 Å². The lowest BCUT2D eigenvalue weighted by Crippen LogP contribution is -2.48. The molecule has 3 nitrogen and oxygen atoms in total. The van der Waals surface area contributed by atoms with Crippen LogP contribution in [-0.2, 0) is 0 Å². The molecule has 1 aromatic carbocycles. The molecule has 1 aromatic rings. The Morgan fingerprint density at radius 3 is 2.19 bits per heavy atom. The Morgan fingerprint density at radius 2 is 1.57 bits per heavy atom. The summed E-state index contributed by atoms with van der Waals surface area (Å²) >= 11 is 3.41. The Balaban J connectivity index is 1.55. The molecule has 1 amide bonds. The molecule has 2 fully saturated rings. The van der Waals surface area contributed by atoms with Crippen molar-refractivity contribution in [2.75, 3.05) is 26.2 Å². The Labute approximate surface area is 135 Å². The molecule has 0 bridgehead atoms. The van der Waals surface area contributed by atoms with E-state index in [4.69, 9.17) is 0 Å². The van der Waals surface area contributed by atoms with E-state index in [0.717, 1.165) is 36.0 Å². The standard InChI is InChI=1S/C17H23BrN2O/c18-15-6-4-14(5-7-15)17(21)20-12-8-16(9-13-20)19-10-2-1-3-11-19/h4-7,16H,1-3,8-13H2. The highest BCUT2D eigenvalue weighted by atomic mass is 79.9. The number of likely N-dealkylation sites (tertiary alicyclic amines) is 2. The molecule has 0 N–H and O–H groups in total. The number of carbonyl (C=O) groups is 1. The van der Waals surface area contributed by atoms with Gasteiger partial charge in [0.2, 0.25) is 0 Å². The van der Waals surface area contributed by atoms with E-state index in [0.29, 0.717) is 6.04 Å². The normalized spacial score (nSPS) is 21.5. The van der Waals surface area contributed by atoms with Crippen LogP contribution in [0.5, 0.6) is 0 Å². The quantitative estimate of drug-likeness (QED) is 0.814. The van der Waals surface area contributed by atoms with Crippen LogP contribution in [0, 0.1) is 0 Å². The summed E-state index contributed by atoms with van der Waals surface area (Å²) in [4.78, 5) is 17.2. The summed E-state index contributed by atoms with van der Waals surface area (Å²) < 4.78 is 1.02. The number of hydrogen-bond acceptors (Lipinski definition) is 2. The fourth-order valence-corrected chi connectivity index (χ4v) is 3.76. The summed E-state index contributed by atoms with van der Waals surface area (Å²) in [5.74, 6) is 0.180. The molecular weight excluding hydrogens is 328 g/mol. The minimum Gasteiger partial charge on any atom is -0.339 e. The zero-order valence-electron chi connectivity index (χ0n) is 12.4. The lowest BCUT2D eigenvalue weighted by Gasteiger charge is -2.40. The number of nitrogens with zero attached hydrogens (tertiary/aromatic N) is 2. The van der Waals surface area contributed by atoms with E-state index in [-0.39, 0.29) is 5.91 Å². The first-order valence-corrected chi connectivity index (χ1v) is 8.82. The van der Waals surface area contributed by atoms with Crippen LogP contribution in [-0.4, -0.2) is 47.9 Å². The Bertz CT molecular complexity index is 474. The molecule has 0 spiro atoms. The fourth-order valence-electron chi connectivity index (χ4n) is 3.49. The molecule has 2 aliphatic rings. The van der Waals surface area contributed by atoms with Crippen LogP contribution in [0.25, 0.3) is 0 Å². The van der Waals surface area contributed by atoms with E-state index in [1.165, 1.54) is 32.4 Å². The minimum atomic E-state index is 0.180. The average Bonchev–Trinajstić information content (AvgIpc) is 2.56. The van der Waals surface area contributed by atoms with Crippen LogP contribution in [0.2, 0.25) is 0 Å². The molecule has 114 valence electrons. The van der Waals surface area contributed by atoms with Crippen molar-refractivity contribution in [3.8, 4) is 0 Å². The van der Waals surface area contributed by atoms with Crippen LogP contribution in [0.3, 0.4) is 0 Å². The second-order valence-corrected chi connectivity index (χ2v) is 7.04. The number of rotatable bonds is 2. The second-order valence-electron chi connectivity index (χ2n) is 6.13. The number of carbonyl (C=O) groups excluding carboxylic acids is 1. The fraction of sp³-hybridized carbons (Fsp3) is 0.588. The predicted octanol–water partition coefficient (Wildman–Crippen LogP) is 3.54. The molecule has 0 atom stereocenters. The summed E-state index contributed by atoms with van der Waals surface area (Å²) in [6, 6.07) is 8.38. The van der Waals surface area contributed by atoms with Gasteiger partial charge in [-0.1, -0.05) is 22.4 Å². The summed E-state index contributed by atoms with van der Waals surface area (Å²) in [5, 5.41) is 0. The predicted molar refractivity (Wildman–Crippen MR) is 88.5 cm³/mol. The smallest absolute Gasteiger partial charge is 0.253 e. The van der Waals surface area contributed by atoms with Gasteiger partial charge in [0, 0.05) is 29.2 Å². The van der Waals surface area contributed by atoms with Crippen molar-refractivity contribution in [3.63, 3.8) is 0 Å². The maximum atomic E-state index is 12.5. The molecule has 2 aliphatic heterocycles. The van der Waals surface area contributed by atoms with E-state index in [9.17, 15) is 4.79 Å². The topological polar surface area (TPSA) is 23.6 Å². The Kier molecular flexibility index (Phi) is 4.96. The van der Waals surface area contributed by atoms with Gasteiger partial charge in [-0.2, -0.15) is 0 Å². The van der Waals surface area contributed by atoms with E-state index in [2.05, 4.69) is 20.8 Å². The minimum absolute atomic E-state index is 0.180. The lowest BCUT2D eigenvalue weighted by atomic mass is 9.99. The van der Waals surface area contributed by atoms with Crippen molar-refractivity contribution in [2.24, 2.45) is 0 Å². The summed E-state index contributed by atoms with van der Waals surface area (Å²) in [6.45, 7) is 4.31. The maximum Gasteiger partial charge on any atom is 0.253 e. The SMILES string of the molecule is O=C(c1ccc(Br)cc1)N1CCC(N2CCCCC2)CC1. The van der Waals surface area contributed by atoms with Gasteiger partial charge in [0.05, 0.1) is 0 Å². The van der Waals surface area contributed by atoms with Gasteiger partial charge in [-0.25, -0.2) is 0 Å². The maximum absolute atomic E-state index is 12.5. The molecule has 0 radical (unpaired) electrons. The molecule has 0 unspecified atom stereocenters. The monoisotopic (exact) mass is 350 g/mol. The second kappa shape index (κ2) is 6.93. The van der Waals surface area contributed by atoms with Crippen molar-refractivity contribution in [1.82, 2.24) is 9.80 Å². The molecule has 2 heterocycles. The zero-order chi connectivity index (χ0) is 14.7. The molecule has 3 rings (SSSR count). The first-order chi connectivity index (χ1) is 10.2. The highest BCUT2D eigenvalue weighted by Gasteiger charge is 2.27. The van der Waals surface area contributed by atoms with Crippen molar-refractivity contribution in [1.29, 1.82) is 0 Å². The van der Waals surface area contributed by atoms with Crippen molar-refractivity contribution < 1.29 is 4.79 Å². The van der Waals surface area contributed by atoms with Gasteiger partial charge < -0.3 is 9.80 Å². The van der Waals surface area contributed by atoms with Crippen molar-refractivity contribution in [3.05, 3.63) is 34.3 Å². The van der Waals surface area contributed by atoms with Gasteiger partial charge in [-0.3, -0.25) is 4.79 Å². The highest BCUT2D eigenvalue weighted by molar-refractivity contribution is 9.10. The Morgan fingerprint density at radius 1 is 0.952 bits per heavy atom. The van der Waals surface area contributed by atoms with Gasteiger partial charge in [0.15, 0.2) is 0 Å². The van der Waals surface area contributed by atoms with E-state index in [1.54, 1.807) is 0 Å². The van der Waals surface area contributed by atoms with Crippen LogP contribution in [0.4, 0.5) is 0 Å². The Hall–Kier alpha value is -0.870. The third-order valence-corrected chi connectivity index (χ3v) is 5.28. The van der Waals surface area contributed by atoms with Gasteiger partial charge in [-0.05, 0) is 63.0 Å². The average molecular weight is 351 g/mol. The van der Waals surface area contributed by atoms with E-state index < -0.39 is 0 Å². The summed E-state index contributed by atoms with van der Waals surface area (Å²) in [7, 11) is 0. The third-order valence-electron chi connectivity index (χ3n) is 4.75. The molecule has 21 heavy (non-hydrogen) atoms. The zero-order valence-corrected chi connectivity index (χ0v) is 14.0. The molecule has 4 heteroatoms. The highest BCUT2D eigenvalue weighted by Crippen LogP contribution is 2.22. The number of amides is 1. The number of piperidine rings is 2. The largest absolute Gasteiger partial charge is 0.339 e. The van der Waals surface area contributed by atoms with E-state index >= 15 is 0 Å². The lowest BCUT2D eigenvalue weighted by molar-refractivity contribution is 0.0590. The van der Waals surface area contributed by atoms with Gasteiger partial charge in [0.25, 0.3) is 5.91 Å². The van der Waals surface area contributed by atoms with Crippen molar-refractivity contribution in [2.45, 2.75) is 38.1 Å². The molecular formula is C17H23BrN2O. The molecule has 0 aliphatic carbocycles. The number of halogens is 1. The van der Waals surface area contributed by atoms with Gasteiger partial charge in [0.1, 0.15) is 0 Å². The van der Waals surface area contributed by atoms with Gasteiger partial charge in [-0.15, -0.1) is 0 Å². The number of hydrogen-bond donors (Lipinski definition) is 0. The van der Waals surface area contributed by atoms with E-state index in [1.807, 2.05) is 29.2 Å². The van der Waals surface area contributed by atoms with Crippen LogP contribution in [0.1, 0.15) is 42.5 Å². The summed E-state index contributed by atoms with van der Waals surface area (Å²) in [6.07, 6.45) is 6.33. The molecule has 0 saturated carbocycles. The van der Waals surface area contributed by atoms with Crippen LogP contribution < -0.4 is 0 Å². The van der Waals surface area contributed by atoms with Gasteiger partial charge >= 0.3 is 0 Å². The molecule has 0 aromatic heterocycles. The third kappa shape index (κ3) is 3.67. The first-order valence-electron chi connectivity index (χ1n) is 8.03. The van der Waals surface area contributed by atoms with Crippen LogP contribution in [0.15, 0.2) is 28.7 Å².